The lowest BCUT2D eigenvalue weighted by molar-refractivity contribution is 0.0921. The molecule has 0 unspecified atom stereocenters. The highest BCUT2D eigenvalue weighted by Crippen LogP contribution is 2.32. The van der Waals surface area contributed by atoms with Gasteiger partial charge in [0.15, 0.2) is 0 Å². The van der Waals surface area contributed by atoms with E-state index in [1.54, 1.807) is 16.2 Å². The lowest BCUT2D eigenvalue weighted by Gasteiger charge is -2.25. The van der Waals surface area contributed by atoms with E-state index in [4.69, 9.17) is 9.72 Å². The molecule has 26 heavy (non-hydrogen) atoms. The SMILES string of the molecule is Cc1ccc(-c2nc3c(s2)CN(C(=O)OCc2ccccc2)CC3)cc1. The third kappa shape index (κ3) is 3.63. The smallest absolute Gasteiger partial charge is 0.410 e. The number of aryl methyl sites for hydroxylation is 1. The number of hydrogen-bond acceptors (Lipinski definition) is 4. The Morgan fingerprint density at radius 1 is 1.15 bits per heavy atom. The van der Waals surface area contributed by atoms with Gasteiger partial charge in [0.25, 0.3) is 0 Å². The molecule has 2 heterocycles. The molecule has 0 N–H and O–H groups in total. The molecule has 2 aromatic carbocycles. The lowest BCUT2D eigenvalue weighted by Crippen LogP contribution is -2.35. The Morgan fingerprint density at radius 3 is 2.69 bits per heavy atom. The van der Waals surface area contributed by atoms with Crippen molar-refractivity contribution in [3.8, 4) is 10.6 Å². The molecule has 1 amide bonds. The maximum Gasteiger partial charge on any atom is 0.410 e. The van der Waals surface area contributed by atoms with E-state index in [1.807, 2.05) is 30.3 Å². The van der Waals surface area contributed by atoms with E-state index in [0.717, 1.165) is 33.1 Å². The van der Waals surface area contributed by atoms with Crippen LogP contribution in [0, 0.1) is 6.92 Å². The van der Waals surface area contributed by atoms with Crippen molar-refractivity contribution in [2.24, 2.45) is 0 Å². The Kier molecular flexibility index (Phi) is 4.71. The topological polar surface area (TPSA) is 42.4 Å². The third-order valence-electron chi connectivity index (χ3n) is 4.49. The second-order valence-electron chi connectivity index (χ2n) is 6.47. The first-order valence-electron chi connectivity index (χ1n) is 8.70. The minimum Gasteiger partial charge on any atom is -0.445 e. The fraction of sp³-hybridized carbons (Fsp3) is 0.238. The predicted molar refractivity (Wildman–Crippen MR) is 103 cm³/mol. The summed E-state index contributed by atoms with van der Waals surface area (Å²) in [6, 6.07) is 18.2. The fourth-order valence-corrected chi connectivity index (χ4v) is 4.11. The highest BCUT2D eigenvalue weighted by molar-refractivity contribution is 7.15. The van der Waals surface area contributed by atoms with Gasteiger partial charge in [-0.1, -0.05) is 60.2 Å². The van der Waals surface area contributed by atoms with Gasteiger partial charge < -0.3 is 9.64 Å². The summed E-state index contributed by atoms with van der Waals surface area (Å²) in [4.78, 5) is 20.1. The minimum atomic E-state index is -0.259. The Hall–Kier alpha value is -2.66. The van der Waals surface area contributed by atoms with Crippen LogP contribution in [0.5, 0.6) is 0 Å². The quantitative estimate of drug-likeness (QED) is 0.669. The Bertz CT molecular complexity index is 904. The van der Waals surface area contributed by atoms with E-state index in [2.05, 4.69) is 31.2 Å². The lowest BCUT2D eigenvalue weighted by atomic mass is 10.1. The summed E-state index contributed by atoms with van der Waals surface area (Å²) in [6.07, 6.45) is 0.516. The minimum absolute atomic E-state index is 0.259. The second kappa shape index (κ2) is 7.30. The molecular weight excluding hydrogens is 344 g/mol. The highest BCUT2D eigenvalue weighted by atomic mass is 32.1. The molecule has 5 heteroatoms. The van der Waals surface area contributed by atoms with Crippen molar-refractivity contribution in [2.45, 2.75) is 26.5 Å². The number of nitrogens with zero attached hydrogens (tertiary/aromatic N) is 2. The number of benzene rings is 2. The largest absolute Gasteiger partial charge is 0.445 e. The van der Waals surface area contributed by atoms with Gasteiger partial charge in [-0.05, 0) is 12.5 Å². The monoisotopic (exact) mass is 364 g/mol. The van der Waals surface area contributed by atoms with Gasteiger partial charge in [0.1, 0.15) is 11.6 Å². The molecule has 3 aromatic rings. The summed E-state index contributed by atoms with van der Waals surface area (Å²) < 4.78 is 5.46. The van der Waals surface area contributed by atoms with E-state index in [1.165, 1.54) is 5.56 Å². The van der Waals surface area contributed by atoms with Crippen molar-refractivity contribution in [3.05, 3.63) is 76.3 Å². The van der Waals surface area contributed by atoms with Crippen LogP contribution in [0.3, 0.4) is 0 Å². The van der Waals surface area contributed by atoms with Crippen LogP contribution in [0.1, 0.15) is 21.7 Å². The van der Waals surface area contributed by atoms with E-state index < -0.39 is 0 Å². The van der Waals surface area contributed by atoms with Gasteiger partial charge >= 0.3 is 6.09 Å². The second-order valence-corrected chi connectivity index (χ2v) is 7.55. The number of carbonyl (C=O) groups is 1. The molecule has 0 radical (unpaired) electrons. The van der Waals surface area contributed by atoms with Crippen LogP contribution in [-0.4, -0.2) is 22.5 Å². The van der Waals surface area contributed by atoms with Crippen LogP contribution in [0.25, 0.3) is 10.6 Å². The standard InChI is InChI=1S/C21H20N2O2S/c1-15-7-9-17(10-8-15)20-22-18-11-12-23(13-19(18)26-20)21(24)25-14-16-5-3-2-4-6-16/h2-10H,11-14H2,1H3. The van der Waals surface area contributed by atoms with E-state index >= 15 is 0 Å². The zero-order valence-corrected chi connectivity index (χ0v) is 15.5. The van der Waals surface area contributed by atoms with E-state index in [-0.39, 0.29) is 6.09 Å². The number of ether oxygens (including phenoxy) is 1. The van der Waals surface area contributed by atoms with Crippen LogP contribution in [0.2, 0.25) is 0 Å². The summed E-state index contributed by atoms with van der Waals surface area (Å²) in [5, 5.41) is 1.02. The van der Waals surface area contributed by atoms with Crippen molar-refractivity contribution < 1.29 is 9.53 Å². The first kappa shape index (κ1) is 16.8. The molecule has 132 valence electrons. The van der Waals surface area contributed by atoms with Crippen molar-refractivity contribution in [1.82, 2.24) is 9.88 Å². The molecule has 1 aromatic heterocycles. The number of rotatable bonds is 3. The average molecular weight is 364 g/mol. The van der Waals surface area contributed by atoms with Gasteiger partial charge in [0, 0.05) is 23.4 Å². The highest BCUT2D eigenvalue weighted by Gasteiger charge is 2.25. The molecule has 0 fully saturated rings. The van der Waals surface area contributed by atoms with Gasteiger partial charge in [-0.25, -0.2) is 9.78 Å². The van der Waals surface area contributed by atoms with Crippen molar-refractivity contribution in [3.63, 3.8) is 0 Å². The molecule has 0 saturated heterocycles. The van der Waals surface area contributed by atoms with E-state index in [9.17, 15) is 4.79 Å². The van der Waals surface area contributed by atoms with E-state index in [0.29, 0.717) is 19.7 Å². The molecule has 0 saturated carbocycles. The van der Waals surface area contributed by atoms with Gasteiger partial charge in [0.05, 0.1) is 12.2 Å². The van der Waals surface area contributed by atoms with Crippen LogP contribution < -0.4 is 0 Å². The van der Waals surface area contributed by atoms with Gasteiger partial charge in [0.2, 0.25) is 0 Å². The zero-order valence-electron chi connectivity index (χ0n) is 14.6. The normalized spacial score (nSPS) is 13.3. The Balaban J connectivity index is 1.42. The fourth-order valence-electron chi connectivity index (χ4n) is 2.98. The number of amides is 1. The Labute approximate surface area is 157 Å². The van der Waals surface area contributed by atoms with Crippen LogP contribution >= 0.6 is 11.3 Å². The third-order valence-corrected chi connectivity index (χ3v) is 5.62. The van der Waals surface area contributed by atoms with Gasteiger partial charge in [-0.2, -0.15) is 0 Å². The van der Waals surface area contributed by atoms with Gasteiger partial charge in [-0.3, -0.25) is 0 Å². The molecule has 1 aliphatic rings. The maximum absolute atomic E-state index is 12.4. The summed E-state index contributed by atoms with van der Waals surface area (Å²) in [5.41, 5.74) is 4.48. The van der Waals surface area contributed by atoms with Crippen molar-refractivity contribution >= 4 is 17.4 Å². The van der Waals surface area contributed by atoms with Crippen molar-refractivity contribution in [1.29, 1.82) is 0 Å². The first-order valence-corrected chi connectivity index (χ1v) is 9.52. The number of carbonyl (C=O) groups excluding carboxylic acids is 1. The average Bonchev–Trinajstić information content (AvgIpc) is 3.10. The molecule has 0 atom stereocenters. The number of aromatic nitrogens is 1. The zero-order chi connectivity index (χ0) is 17.9. The molecule has 1 aliphatic heterocycles. The summed E-state index contributed by atoms with van der Waals surface area (Å²) in [6.45, 7) is 3.61. The molecule has 4 nitrogen and oxygen atoms in total. The predicted octanol–water partition coefficient (Wildman–Crippen LogP) is 4.81. The van der Waals surface area contributed by atoms with Crippen molar-refractivity contribution in [2.75, 3.05) is 6.54 Å². The van der Waals surface area contributed by atoms with Crippen LogP contribution in [-0.2, 0) is 24.3 Å². The maximum atomic E-state index is 12.4. The number of thiazole rings is 1. The molecule has 0 spiro atoms. The van der Waals surface area contributed by atoms with Crippen LogP contribution in [0.15, 0.2) is 54.6 Å². The molecule has 4 rings (SSSR count). The summed E-state index contributed by atoms with van der Waals surface area (Å²) in [5.74, 6) is 0. The summed E-state index contributed by atoms with van der Waals surface area (Å²) >= 11 is 1.67. The van der Waals surface area contributed by atoms with Gasteiger partial charge in [-0.15, -0.1) is 11.3 Å². The molecule has 0 bridgehead atoms. The summed E-state index contributed by atoms with van der Waals surface area (Å²) in [7, 11) is 0. The first-order chi connectivity index (χ1) is 12.7. The van der Waals surface area contributed by atoms with Crippen LogP contribution in [0.4, 0.5) is 4.79 Å². The Morgan fingerprint density at radius 2 is 1.92 bits per heavy atom. The number of hydrogen-bond donors (Lipinski definition) is 0. The molecular formula is C21H20N2O2S. The number of fused-ring (bicyclic) bond motifs is 1. The molecule has 0 aliphatic carbocycles.